The maximum atomic E-state index is 13.5. The molecule has 2 heterocycles. The summed E-state index contributed by atoms with van der Waals surface area (Å²) in [6.07, 6.45) is -0.167. The number of nitrogens with zero attached hydrogens (tertiary/aromatic N) is 2. The summed E-state index contributed by atoms with van der Waals surface area (Å²) in [5.41, 5.74) is 1.02. The fraction of sp³-hybridized carbons (Fsp3) is 0.381. The highest BCUT2D eigenvalue weighted by molar-refractivity contribution is 8.77. The quantitative estimate of drug-likeness (QED) is 0.0453. The van der Waals surface area contributed by atoms with Crippen LogP contribution in [-0.2, 0) is 29.4 Å². The lowest BCUT2D eigenvalue weighted by Crippen LogP contribution is -2.39. The van der Waals surface area contributed by atoms with Gasteiger partial charge in [-0.1, -0.05) is 109 Å². The second-order valence-electron chi connectivity index (χ2n) is 13.8. The van der Waals surface area contributed by atoms with Crippen LogP contribution in [0, 0.1) is 11.8 Å². The van der Waals surface area contributed by atoms with E-state index in [1.54, 1.807) is 35.8 Å². The Kier molecular flexibility index (Phi) is 14.1. The normalized spacial score (nSPS) is 16.8. The van der Waals surface area contributed by atoms with Crippen LogP contribution in [0.25, 0.3) is 0 Å². The van der Waals surface area contributed by atoms with E-state index in [1.807, 2.05) is 78.9 Å². The van der Waals surface area contributed by atoms with Crippen LogP contribution in [0.2, 0.25) is 0 Å². The van der Waals surface area contributed by atoms with Crippen molar-refractivity contribution in [1.29, 1.82) is 0 Å². The van der Waals surface area contributed by atoms with Crippen LogP contribution >= 0.6 is 21.6 Å². The summed E-state index contributed by atoms with van der Waals surface area (Å²) in [7, 11) is 6.74. The second-order valence-corrected chi connectivity index (χ2v) is 17.0. The van der Waals surface area contributed by atoms with Gasteiger partial charge in [0.2, 0.25) is 5.91 Å². The molecule has 0 bridgehead atoms. The lowest BCUT2D eigenvalue weighted by molar-refractivity contribution is -0.153. The molecule has 13 heteroatoms. The van der Waals surface area contributed by atoms with Gasteiger partial charge in [-0.05, 0) is 41.0 Å². The third-order valence-electron chi connectivity index (χ3n) is 8.53. The number of carbonyl (C=O) groups excluding carboxylic acids is 2. The molecule has 1 saturated heterocycles. The van der Waals surface area contributed by atoms with E-state index in [4.69, 9.17) is 23.7 Å². The molecular weight excluding hydrogens is 739 g/mol. The number of esters is 1. The summed E-state index contributed by atoms with van der Waals surface area (Å²) in [5.74, 6) is 7.58. The maximum Gasteiger partial charge on any atom is 0.351 e. The predicted octanol–water partition coefficient (Wildman–Crippen LogP) is 7.37. The van der Waals surface area contributed by atoms with Gasteiger partial charge in [-0.15, -0.1) is 0 Å². The Hall–Kier alpha value is -4.74. The number of nitrogens with one attached hydrogen (secondary N) is 1. The number of aromatic nitrogens is 2. The van der Waals surface area contributed by atoms with E-state index >= 15 is 0 Å². The highest BCUT2D eigenvalue weighted by Gasteiger charge is 2.44. The van der Waals surface area contributed by atoms with Crippen LogP contribution in [0.4, 0.5) is 5.82 Å². The fourth-order valence-corrected chi connectivity index (χ4v) is 8.32. The second kappa shape index (κ2) is 18.7. The van der Waals surface area contributed by atoms with Crippen LogP contribution in [-0.4, -0.2) is 65.0 Å². The van der Waals surface area contributed by atoms with Gasteiger partial charge in [-0.3, -0.25) is 14.2 Å². The zero-order chi connectivity index (χ0) is 39.6. The highest BCUT2D eigenvalue weighted by atomic mass is 33.1. The Bertz CT molecular complexity index is 1990. The van der Waals surface area contributed by atoms with Crippen LogP contribution in [0.3, 0.4) is 0 Å². The summed E-state index contributed by atoms with van der Waals surface area (Å²) in [6.45, 7) is 9.09. The van der Waals surface area contributed by atoms with Gasteiger partial charge in [0.1, 0.15) is 35.5 Å². The fourth-order valence-electron chi connectivity index (χ4n) is 6.14. The van der Waals surface area contributed by atoms with Crippen molar-refractivity contribution in [2.75, 3.05) is 31.9 Å². The van der Waals surface area contributed by atoms with Crippen molar-refractivity contribution in [2.45, 2.75) is 76.2 Å². The molecule has 3 aromatic carbocycles. The Balaban J connectivity index is 1.50. The number of rotatable bonds is 14. The molecule has 1 aliphatic heterocycles. The topological polar surface area (TPSA) is 127 Å². The molecule has 1 aromatic heterocycles. The molecule has 1 amide bonds. The molecule has 1 aliphatic rings. The lowest BCUT2D eigenvalue weighted by Gasteiger charge is -2.37. The third kappa shape index (κ3) is 10.7. The van der Waals surface area contributed by atoms with E-state index in [9.17, 15) is 14.4 Å². The van der Waals surface area contributed by atoms with Crippen molar-refractivity contribution >= 4 is 39.3 Å². The molecule has 1 N–H and O–H groups in total. The summed E-state index contributed by atoms with van der Waals surface area (Å²) >= 11 is 0. The number of amides is 1. The van der Waals surface area contributed by atoms with Crippen molar-refractivity contribution in [2.24, 2.45) is 0 Å². The first-order valence-electron chi connectivity index (χ1n) is 17.8. The van der Waals surface area contributed by atoms with Gasteiger partial charge in [0, 0.05) is 43.4 Å². The number of hydrogen-bond acceptors (Lipinski definition) is 11. The highest BCUT2D eigenvalue weighted by Crippen LogP contribution is 2.43. The molecular formula is C42H47N3O8S2. The lowest BCUT2D eigenvalue weighted by atomic mass is 9.80. The van der Waals surface area contributed by atoms with E-state index in [1.165, 1.54) is 24.6 Å². The SMILES string of the molecule is COc1ccc(C(OC[C@H]2O[C@@H](n3cc(C#CCCSSC(C)(C)C)c(NC(C)=O)nc3=O)C[C@@H]2OC(C)=O)(c2ccccc2)c2ccc(OC)cc2)cc1. The number of ether oxygens (including phenoxy) is 5. The molecule has 0 radical (unpaired) electrons. The van der Waals surface area contributed by atoms with Crippen LogP contribution in [0.1, 0.15) is 75.9 Å². The zero-order valence-electron chi connectivity index (χ0n) is 32.1. The summed E-state index contributed by atoms with van der Waals surface area (Å²) in [6, 6.07) is 25.1. The minimum atomic E-state index is -1.16. The first-order valence-corrected chi connectivity index (χ1v) is 20.2. The van der Waals surface area contributed by atoms with Gasteiger partial charge in [0.05, 0.1) is 26.4 Å². The summed E-state index contributed by atoms with van der Waals surface area (Å²) in [5, 5.41) is 2.62. The van der Waals surface area contributed by atoms with Gasteiger partial charge < -0.3 is 29.0 Å². The Morgan fingerprint density at radius 2 is 1.53 bits per heavy atom. The molecule has 0 aliphatic carbocycles. The Morgan fingerprint density at radius 3 is 2.07 bits per heavy atom. The van der Waals surface area contributed by atoms with Crippen molar-refractivity contribution in [3.05, 3.63) is 118 Å². The standard InChI is InChI=1S/C42H47N3O8S2/c1-28(46)43-39-30(13-11-12-24-54-55-41(3,4)5)26-45(40(48)44-39)38-25-36(52-29(2)47)37(53-38)27-51-42(31-14-9-8-10-15-31,32-16-20-34(49-6)21-17-32)33-18-22-35(50-7)23-19-33/h8-10,14-23,26,36-38H,12,24-25,27H2,1-7H3,(H,43,44,46,48)/t36-,37+,38+/m0/s1. The van der Waals surface area contributed by atoms with Gasteiger partial charge in [-0.2, -0.15) is 4.98 Å². The van der Waals surface area contributed by atoms with Gasteiger partial charge in [0.25, 0.3) is 0 Å². The van der Waals surface area contributed by atoms with Crippen molar-refractivity contribution in [3.63, 3.8) is 0 Å². The van der Waals surface area contributed by atoms with E-state index in [0.717, 1.165) is 22.4 Å². The van der Waals surface area contributed by atoms with Crippen LogP contribution in [0.15, 0.2) is 89.9 Å². The van der Waals surface area contributed by atoms with Gasteiger partial charge >= 0.3 is 11.7 Å². The molecule has 5 rings (SSSR count). The maximum absolute atomic E-state index is 13.5. The molecule has 3 atom stereocenters. The van der Waals surface area contributed by atoms with Crippen molar-refractivity contribution in [3.8, 4) is 23.3 Å². The minimum Gasteiger partial charge on any atom is -0.497 e. The Morgan fingerprint density at radius 1 is 0.927 bits per heavy atom. The monoisotopic (exact) mass is 785 g/mol. The molecule has 4 aromatic rings. The van der Waals surface area contributed by atoms with Crippen molar-refractivity contribution < 1.29 is 33.3 Å². The molecule has 11 nitrogen and oxygen atoms in total. The average Bonchev–Trinajstić information content (AvgIpc) is 3.55. The summed E-state index contributed by atoms with van der Waals surface area (Å²) in [4.78, 5) is 42.1. The molecule has 290 valence electrons. The van der Waals surface area contributed by atoms with Gasteiger partial charge in [-0.25, -0.2) is 4.79 Å². The van der Waals surface area contributed by atoms with Crippen molar-refractivity contribution in [1.82, 2.24) is 9.55 Å². The number of hydrogen-bond donors (Lipinski definition) is 1. The van der Waals surface area contributed by atoms with E-state index < -0.39 is 35.7 Å². The molecule has 1 fully saturated rings. The van der Waals surface area contributed by atoms with E-state index in [0.29, 0.717) is 23.5 Å². The number of methoxy groups -OCH3 is 2. The average molecular weight is 786 g/mol. The minimum absolute atomic E-state index is 0.0372. The molecule has 0 unspecified atom stereocenters. The first kappa shape index (κ1) is 41.4. The van der Waals surface area contributed by atoms with Gasteiger partial charge in [0.15, 0.2) is 5.82 Å². The zero-order valence-corrected chi connectivity index (χ0v) is 33.8. The smallest absolute Gasteiger partial charge is 0.351 e. The predicted molar refractivity (Wildman–Crippen MR) is 216 cm³/mol. The first-order chi connectivity index (χ1) is 26.3. The molecule has 0 saturated carbocycles. The number of carbonyl (C=O) groups is 2. The van der Waals surface area contributed by atoms with E-state index in [-0.39, 0.29) is 29.5 Å². The molecule has 0 spiro atoms. The van der Waals surface area contributed by atoms with Crippen LogP contribution < -0.4 is 20.5 Å². The Labute approximate surface area is 330 Å². The molecule has 55 heavy (non-hydrogen) atoms. The van der Waals surface area contributed by atoms with Crippen LogP contribution in [0.5, 0.6) is 11.5 Å². The number of anilines is 1. The number of benzene rings is 3. The summed E-state index contributed by atoms with van der Waals surface area (Å²) < 4.78 is 31.8. The third-order valence-corrected chi connectivity index (χ3v) is 11.9. The largest absolute Gasteiger partial charge is 0.497 e. The van der Waals surface area contributed by atoms with E-state index in [2.05, 4.69) is 42.9 Å².